The fourth-order valence-electron chi connectivity index (χ4n) is 2.74. The number of aromatic nitrogens is 2. The number of ether oxygens (including phenoxy) is 1. The number of rotatable bonds is 9. The van der Waals surface area contributed by atoms with Crippen LogP contribution >= 0.6 is 0 Å². The molecule has 0 spiro atoms. The van der Waals surface area contributed by atoms with E-state index in [4.69, 9.17) is 9.84 Å². The largest absolute Gasteiger partial charge is 0.486 e. The number of carboxylic acid groups (broad SMARTS) is 1. The molecule has 7 nitrogen and oxygen atoms in total. The Balaban J connectivity index is 1.70. The van der Waals surface area contributed by atoms with Crippen LogP contribution in [0.3, 0.4) is 0 Å². The van der Waals surface area contributed by atoms with E-state index in [2.05, 4.69) is 10.3 Å². The van der Waals surface area contributed by atoms with E-state index in [1.807, 2.05) is 59.2 Å². The van der Waals surface area contributed by atoms with Crippen LogP contribution in [0.2, 0.25) is 0 Å². The quantitative estimate of drug-likeness (QED) is 0.567. The smallest absolute Gasteiger partial charge is 0.303 e. The third kappa shape index (κ3) is 5.07. The number of nitrogens with one attached hydrogen (secondary N) is 1. The lowest BCUT2D eigenvalue weighted by Crippen LogP contribution is -2.29. The molecule has 0 radical (unpaired) electrons. The number of para-hydroxylation sites is 3. The topological polar surface area (TPSA) is 93.5 Å². The standard InChI is InChI=1S/C20H21N3O4/c24-19(21-12-6-11-20(25)26)13-23-17-10-5-4-9-16(17)22-18(23)14-27-15-7-2-1-3-8-15/h1-5,7-10H,6,11-14H2,(H,21,24)(H,25,26). The Hall–Kier alpha value is -3.35. The highest BCUT2D eigenvalue weighted by Crippen LogP contribution is 2.18. The zero-order valence-electron chi connectivity index (χ0n) is 14.8. The molecule has 0 unspecified atom stereocenters. The van der Waals surface area contributed by atoms with Crippen molar-refractivity contribution < 1.29 is 19.4 Å². The second-order valence-electron chi connectivity index (χ2n) is 6.05. The molecule has 0 fully saturated rings. The highest BCUT2D eigenvalue weighted by molar-refractivity contribution is 5.81. The van der Waals surface area contributed by atoms with Gasteiger partial charge < -0.3 is 19.7 Å². The molecular weight excluding hydrogens is 346 g/mol. The van der Waals surface area contributed by atoms with Crippen molar-refractivity contribution in [1.29, 1.82) is 0 Å². The van der Waals surface area contributed by atoms with Gasteiger partial charge in [-0.05, 0) is 30.7 Å². The average molecular weight is 367 g/mol. The van der Waals surface area contributed by atoms with E-state index in [-0.39, 0.29) is 25.5 Å². The van der Waals surface area contributed by atoms with Crippen molar-refractivity contribution in [3.8, 4) is 5.75 Å². The Morgan fingerprint density at radius 1 is 1.07 bits per heavy atom. The van der Waals surface area contributed by atoms with E-state index in [9.17, 15) is 9.59 Å². The molecule has 0 aliphatic heterocycles. The van der Waals surface area contributed by atoms with Crippen molar-refractivity contribution in [2.75, 3.05) is 6.54 Å². The first-order valence-corrected chi connectivity index (χ1v) is 8.74. The molecule has 0 atom stereocenters. The van der Waals surface area contributed by atoms with Gasteiger partial charge in [-0.25, -0.2) is 4.98 Å². The predicted molar refractivity (Wildman–Crippen MR) is 100 cm³/mol. The van der Waals surface area contributed by atoms with Crippen LogP contribution in [-0.2, 0) is 22.7 Å². The molecule has 2 aromatic carbocycles. The summed E-state index contributed by atoms with van der Waals surface area (Å²) in [6, 6.07) is 17.0. The summed E-state index contributed by atoms with van der Waals surface area (Å²) in [5, 5.41) is 11.4. The van der Waals surface area contributed by atoms with E-state index < -0.39 is 5.97 Å². The highest BCUT2D eigenvalue weighted by Gasteiger charge is 2.14. The summed E-state index contributed by atoms with van der Waals surface area (Å²) in [6.45, 7) is 0.666. The third-order valence-corrected chi connectivity index (χ3v) is 4.04. The number of imidazole rings is 1. The van der Waals surface area contributed by atoms with Gasteiger partial charge in [-0.15, -0.1) is 0 Å². The third-order valence-electron chi connectivity index (χ3n) is 4.04. The Kier molecular flexibility index (Phi) is 6.04. The lowest BCUT2D eigenvalue weighted by molar-refractivity contribution is -0.137. The summed E-state index contributed by atoms with van der Waals surface area (Å²) in [6.07, 6.45) is 0.431. The molecule has 140 valence electrons. The summed E-state index contributed by atoms with van der Waals surface area (Å²) in [5.41, 5.74) is 1.65. The number of fused-ring (bicyclic) bond motifs is 1. The van der Waals surface area contributed by atoms with Gasteiger partial charge in [0, 0.05) is 13.0 Å². The van der Waals surface area contributed by atoms with Crippen molar-refractivity contribution in [3.05, 3.63) is 60.4 Å². The van der Waals surface area contributed by atoms with Gasteiger partial charge in [0.2, 0.25) is 5.91 Å². The summed E-state index contributed by atoms with van der Waals surface area (Å²) in [4.78, 5) is 27.4. The minimum Gasteiger partial charge on any atom is -0.486 e. The average Bonchev–Trinajstić information content (AvgIpc) is 3.02. The molecule has 1 heterocycles. The fourth-order valence-corrected chi connectivity index (χ4v) is 2.74. The van der Waals surface area contributed by atoms with Crippen molar-refractivity contribution in [3.63, 3.8) is 0 Å². The Labute approximate surface area is 156 Å². The first-order valence-electron chi connectivity index (χ1n) is 8.74. The van der Waals surface area contributed by atoms with Crippen LogP contribution in [0.5, 0.6) is 5.75 Å². The van der Waals surface area contributed by atoms with Crippen LogP contribution < -0.4 is 10.1 Å². The van der Waals surface area contributed by atoms with Gasteiger partial charge in [0.15, 0.2) is 0 Å². The van der Waals surface area contributed by atoms with Gasteiger partial charge in [0.05, 0.1) is 11.0 Å². The van der Waals surface area contributed by atoms with E-state index in [1.165, 1.54) is 0 Å². The van der Waals surface area contributed by atoms with E-state index in [1.54, 1.807) is 0 Å². The van der Waals surface area contributed by atoms with E-state index >= 15 is 0 Å². The number of aliphatic carboxylic acids is 1. The molecular formula is C20H21N3O4. The summed E-state index contributed by atoms with van der Waals surface area (Å²) < 4.78 is 7.61. The van der Waals surface area contributed by atoms with Crippen LogP contribution in [0, 0.1) is 0 Å². The lowest BCUT2D eigenvalue weighted by Gasteiger charge is -2.11. The number of carbonyl (C=O) groups is 2. The van der Waals surface area contributed by atoms with Crippen LogP contribution in [0.1, 0.15) is 18.7 Å². The molecule has 0 saturated heterocycles. The minimum absolute atomic E-state index is 0.0322. The molecule has 0 bridgehead atoms. The van der Waals surface area contributed by atoms with Crippen LogP contribution in [0.15, 0.2) is 54.6 Å². The lowest BCUT2D eigenvalue weighted by atomic mass is 10.3. The maximum Gasteiger partial charge on any atom is 0.303 e. The molecule has 2 N–H and O–H groups in total. The van der Waals surface area contributed by atoms with Crippen LogP contribution in [-0.4, -0.2) is 33.1 Å². The molecule has 27 heavy (non-hydrogen) atoms. The predicted octanol–water partition coefficient (Wildman–Crippen LogP) is 2.60. The summed E-state index contributed by atoms with van der Waals surface area (Å²) in [7, 11) is 0. The molecule has 0 aliphatic rings. The Morgan fingerprint density at radius 2 is 1.81 bits per heavy atom. The number of carboxylic acids is 1. The van der Waals surface area contributed by atoms with Gasteiger partial charge in [0.25, 0.3) is 0 Å². The minimum atomic E-state index is -0.870. The molecule has 1 aromatic heterocycles. The van der Waals surface area contributed by atoms with Crippen molar-refractivity contribution in [1.82, 2.24) is 14.9 Å². The maximum absolute atomic E-state index is 12.3. The number of carbonyl (C=O) groups excluding carboxylic acids is 1. The molecule has 0 aliphatic carbocycles. The second-order valence-corrected chi connectivity index (χ2v) is 6.05. The first kappa shape index (κ1) is 18.4. The van der Waals surface area contributed by atoms with Crippen molar-refractivity contribution in [2.45, 2.75) is 26.0 Å². The maximum atomic E-state index is 12.3. The van der Waals surface area contributed by atoms with Crippen LogP contribution in [0.25, 0.3) is 11.0 Å². The number of nitrogens with zero attached hydrogens (tertiary/aromatic N) is 2. The van der Waals surface area contributed by atoms with Crippen LogP contribution in [0.4, 0.5) is 0 Å². The zero-order valence-corrected chi connectivity index (χ0v) is 14.8. The second kappa shape index (κ2) is 8.84. The first-order chi connectivity index (χ1) is 13.1. The fraction of sp³-hybridized carbons (Fsp3) is 0.250. The Morgan fingerprint density at radius 3 is 2.59 bits per heavy atom. The number of hydrogen-bond donors (Lipinski definition) is 2. The summed E-state index contributed by atoms with van der Waals surface area (Å²) >= 11 is 0. The molecule has 1 amide bonds. The highest BCUT2D eigenvalue weighted by atomic mass is 16.5. The zero-order chi connectivity index (χ0) is 19.1. The normalized spacial score (nSPS) is 10.7. The van der Waals surface area contributed by atoms with Crippen molar-refractivity contribution >= 4 is 22.9 Å². The number of amides is 1. The van der Waals surface area contributed by atoms with Gasteiger partial charge in [-0.2, -0.15) is 0 Å². The SMILES string of the molecule is O=C(O)CCCNC(=O)Cn1c(COc2ccccc2)nc2ccccc21. The Bertz CT molecular complexity index is 921. The van der Waals surface area contributed by atoms with Gasteiger partial charge >= 0.3 is 5.97 Å². The van der Waals surface area contributed by atoms with Crippen molar-refractivity contribution in [2.24, 2.45) is 0 Å². The van der Waals surface area contributed by atoms with Gasteiger partial charge in [-0.1, -0.05) is 30.3 Å². The number of benzene rings is 2. The molecule has 0 saturated carbocycles. The van der Waals surface area contributed by atoms with E-state index in [0.29, 0.717) is 18.8 Å². The van der Waals surface area contributed by atoms with Gasteiger partial charge in [0.1, 0.15) is 24.7 Å². The molecule has 3 aromatic rings. The summed E-state index contributed by atoms with van der Waals surface area (Å²) in [5.74, 6) is 0.324. The van der Waals surface area contributed by atoms with Gasteiger partial charge in [-0.3, -0.25) is 9.59 Å². The monoisotopic (exact) mass is 367 g/mol. The van der Waals surface area contributed by atoms with E-state index in [0.717, 1.165) is 16.8 Å². The molecule has 7 heteroatoms. The number of hydrogen-bond acceptors (Lipinski definition) is 4. The molecule has 3 rings (SSSR count).